The van der Waals surface area contributed by atoms with Crippen LogP contribution >= 0.6 is 22.6 Å². The highest BCUT2D eigenvalue weighted by molar-refractivity contribution is 14.1. The van der Waals surface area contributed by atoms with E-state index < -0.39 is 6.10 Å². The molecule has 2 rings (SSSR count). The van der Waals surface area contributed by atoms with Crippen LogP contribution in [0.15, 0.2) is 28.4 Å². The minimum Gasteiger partial charge on any atom is -0.388 e. The van der Waals surface area contributed by atoms with Crippen LogP contribution in [-0.4, -0.2) is 14.7 Å². The van der Waals surface area contributed by atoms with E-state index >= 15 is 0 Å². The summed E-state index contributed by atoms with van der Waals surface area (Å²) in [5, 5.41) is 10.00. The Morgan fingerprint density at radius 3 is 3.00 bits per heavy atom. The first-order valence-electron chi connectivity index (χ1n) is 5.49. The molecule has 2 aromatic rings. The van der Waals surface area contributed by atoms with Crippen LogP contribution < -0.4 is 0 Å². The van der Waals surface area contributed by atoms with Gasteiger partial charge in [-0.05, 0) is 35.1 Å². The molecule has 3 nitrogen and oxygen atoms in total. The summed E-state index contributed by atoms with van der Waals surface area (Å²) in [6, 6.07) is 5.95. The Balaban J connectivity index is 2.37. The lowest BCUT2D eigenvalue weighted by molar-refractivity contribution is 0.182. The number of halogens is 1. The number of hydrogen-bond donors (Lipinski definition) is 1. The van der Waals surface area contributed by atoms with Crippen molar-refractivity contribution >= 4 is 33.6 Å². The van der Waals surface area contributed by atoms with E-state index in [-0.39, 0.29) is 0 Å². The van der Waals surface area contributed by atoms with Crippen LogP contribution in [0.2, 0.25) is 0 Å². The Labute approximate surface area is 114 Å². The summed E-state index contributed by atoms with van der Waals surface area (Å²) in [5.74, 6) is 0.985. The maximum absolute atomic E-state index is 10.00. The number of nitrogens with zero attached hydrogens (tertiary/aromatic N) is 2. The van der Waals surface area contributed by atoms with Gasteiger partial charge in [0.2, 0.25) is 0 Å². The van der Waals surface area contributed by atoms with E-state index in [2.05, 4.69) is 32.1 Å². The smallest absolute Gasteiger partial charge is 0.106 e. The molecule has 17 heavy (non-hydrogen) atoms. The van der Waals surface area contributed by atoms with Crippen LogP contribution in [0, 0.1) is 6.92 Å². The van der Waals surface area contributed by atoms with E-state index in [9.17, 15) is 5.11 Å². The molecule has 0 unspecified atom stereocenters. The van der Waals surface area contributed by atoms with Gasteiger partial charge in [-0.3, -0.25) is 0 Å². The van der Waals surface area contributed by atoms with Gasteiger partial charge in [-0.2, -0.15) is 0 Å². The Morgan fingerprint density at radius 2 is 2.29 bits per heavy atom. The molecule has 0 bridgehead atoms. The van der Waals surface area contributed by atoms with Crippen molar-refractivity contribution in [3.63, 3.8) is 0 Å². The Kier molecular flexibility index (Phi) is 3.83. The molecule has 1 heterocycles. The molecule has 1 aromatic carbocycles. The van der Waals surface area contributed by atoms with Gasteiger partial charge in [-0.25, -0.2) is 4.98 Å². The molecule has 0 aliphatic heterocycles. The predicted molar refractivity (Wildman–Crippen MR) is 78.2 cm³/mol. The van der Waals surface area contributed by atoms with E-state index in [1.807, 2.05) is 42.3 Å². The summed E-state index contributed by atoms with van der Waals surface area (Å²) in [4.78, 5) is 4.47. The standard InChI is InChI=1S/C13H15IN2O/c1-9-15-11-8-10(13(17)4-3-7-14)5-6-12(11)16(9)2/h3,5-8,13,17H,4H2,1-2H3/b7-3+/t13-/m1/s1. The van der Waals surface area contributed by atoms with Gasteiger partial charge >= 0.3 is 0 Å². The van der Waals surface area contributed by atoms with Gasteiger partial charge in [-0.1, -0.05) is 34.7 Å². The van der Waals surface area contributed by atoms with Crippen molar-refractivity contribution in [3.8, 4) is 0 Å². The zero-order valence-corrected chi connectivity index (χ0v) is 12.0. The first-order chi connectivity index (χ1) is 8.13. The lowest BCUT2D eigenvalue weighted by atomic mass is 10.1. The zero-order valence-electron chi connectivity index (χ0n) is 9.89. The summed E-state index contributed by atoms with van der Waals surface area (Å²) < 4.78 is 3.97. The number of aromatic nitrogens is 2. The van der Waals surface area contributed by atoms with Crippen molar-refractivity contribution in [1.82, 2.24) is 9.55 Å². The number of aliphatic hydroxyl groups is 1. The fourth-order valence-electron chi connectivity index (χ4n) is 1.86. The zero-order chi connectivity index (χ0) is 12.4. The number of fused-ring (bicyclic) bond motifs is 1. The highest BCUT2D eigenvalue weighted by Crippen LogP contribution is 2.22. The number of aliphatic hydroxyl groups excluding tert-OH is 1. The molecular formula is C13H15IN2O. The number of benzene rings is 1. The normalized spacial score (nSPS) is 13.6. The molecule has 0 spiro atoms. The quantitative estimate of drug-likeness (QED) is 0.870. The lowest BCUT2D eigenvalue weighted by Gasteiger charge is -2.08. The monoisotopic (exact) mass is 342 g/mol. The molecule has 0 fully saturated rings. The van der Waals surface area contributed by atoms with Gasteiger partial charge in [0.1, 0.15) is 5.82 Å². The van der Waals surface area contributed by atoms with Crippen molar-refractivity contribution in [3.05, 3.63) is 39.7 Å². The number of aryl methyl sites for hydroxylation is 2. The predicted octanol–water partition coefficient (Wildman–Crippen LogP) is 3.25. The minimum absolute atomic E-state index is 0.451. The van der Waals surface area contributed by atoms with E-state index in [4.69, 9.17) is 0 Å². The van der Waals surface area contributed by atoms with Crippen LogP contribution in [0.5, 0.6) is 0 Å². The van der Waals surface area contributed by atoms with Crippen molar-refractivity contribution < 1.29 is 5.11 Å². The average Bonchev–Trinajstić information content (AvgIpc) is 2.61. The molecule has 4 heteroatoms. The van der Waals surface area contributed by atoms with Crippen LogP contribution in [0.25, 0.3) is 11.0 Å². The topological polar surface area (TPSA) is 38.1 Å². The van der Waals surface area contributed by atoms with Crippen molar-refractivity contribution in [2.24, 2.45) is 7.05 Å². The van der Waals surface area contributed by atoms with E-state index in [1.165, 1.54) is 0 Å². The third-order valence-corrected chi connectivity index (χ3v) is 3.47. The fraction of sp³-hybridized carbons (Fsp3) is 0.308. The van der Waals surface area contributed by atoms with Crippen LogP contribution in [-0.2, 0) is 7.05 Å². The van der Waals surface area contributed by atoms with Gasteiger partial charge in [0.15, 0.2) is 0 Å². The summed E-state index contributed by atoms with van der Waals surface area (Å²) in [6.45, 7) is 1.98. The Morgan fingerprint density at radius 1 is 1.53 bits per heavy atom. The largest absolute Gasteiger partial charge is 0.388 e. The van der Waals surface area contributed by atoms with Gasteiger partial charge in [0.25, 0.3) is 0 Å². The second-order valence-electron chi connectivity index (χ2n) is 4.08. The molecule has 0 saturated heterocycles. The first kappa shape index (κ1) is 12.6. The van der Waals surface area contributed by atoms with Crippen molar-refractivity contribution in [2.45, 2.75) is 19.4 Å². The van der Waals surface area contributed by atoms with Crippen LogP contribution in [0.4, 0.5) is 0 Å². The molecular weight excluding hydrogens is 327 g/mol. The lowest BCUT2D eigenvalue weighted by Crippen LogP contribution is -1.95. The van der Waals surface area contributed by atoms with Crippen LogP contribution in [0.1, 0.15) is 23.9 Å². The summed E-state index contributed by atoms with van der Waals surface area (Å²) in [6.07, 6.45) is 2.15. The number of hydrogen-bond acceptors (Lipinski definition) is 2. The third-order valence-electron chi connectivity index (χ3n) is 2.96. The SMILES string of the molecule is Cc1nc2cc([C@H](O)C/C=C/I)ccc2n1C. The molecule has 0 radical (unpaired) electrons. The van der Waals surface area contributed by atoms with Gasteiger partial charge < -0.3 is 9.67 Å². The summed E-state index contributed by atoms with van der Waals surface area (Å²) in [7, 11) is 2.00. The summed E-state index contributed by atoms with van der Waals surface area (Å²) >= 11 is 2.15. The Bertz CT molecular complexity index is 560. The summed E-state index contributed by atoms with van der Waals surface area (Å²) in [5.41, 5.74) is 2.97. The van der Waals surface area contributed by atoms with Gasteiger partial charge in [0, 0.05) is 7.05 Å². The van der Waals surface area contributed by atoms with Gasteiger partial charge in [-0.15, -0.1) is 0 Å². The molecule has 0 amide bonds. The number of rotatable bonds is 3. The van der Waals surface area contributed by atoms with Gasteiger partial charge in [0.05, 0.1) is 17.1 Å². The molecule has 0 aliphatic carbocycles. The van der Waals surface area contributed by atoms with Crippen LogP contribution in [0.3, 0.4) is 0 Å². The second kappa shape index (κ2) is 5.18. The maximum atomic E-state index is 10.00. The maximum Gasteiger partial charge on any atom is 0.106 e. The molecule has 1 atom stereocenters. The molecule has 1 aromatic heterocycles. The molecule has 1 N–H and O–H groups in total. The number of imidazole rings is 1. The van der Waals surface area contributed by atoms with Crippen molar-refractivity contribution in [2.75, 3.05) is 0 Å². The first-order valence-corrected chi connectivity index (χ1v) is 6.74. The molecule has 90 valence electrons. The molecule has 0 saturated carbocycles. The molecule has 0 aliphatic rings. The average molecular weight is 342 g/mol. The minimum atomic E-state index is -0.451. The highest BCUT2D eigenvalue weighted by atomic mass is 127. The second-order valence-corrected chi connectivity index (χ2v) is 4.80. The van der Waals surface area contributed by atoms with E-state index in [1.54, 1.807) is 0 Å². The highest BCUT2D eigenvalue weighted by Gasteiger charge is 2.09. The van der Waals surface area contributed by atoms with E-state index in [0.29, 0.717) is 6.42 Å². The Hall–Kier alpha value is -0.880. The third kappa shape index (κ3) is 2.52. The van der Waals surface area contributed by atoms with E-state index in [0.717, 1.165) is 22.4 Å². The van der Waals surface area contributed by atoms with Crippen molar-refractivity contribution in [1.29, 1.82) is 0 Å². The fourth-order valence-corrected chi connectivity index (χ4v) is 2.15.